The average Bonchev–Trinajstić information content (AvgIpc) is 2.62. The lowest BCUT2D eigenvalue weighted by Crippen LogP contribution is -2.25. The van der Waals surface area contributed by atoms with E-state index in [1.807, 2.05) is 0 Å². The van der Waals surface area contributed by atoms with Crippen molar-refractivity contribution in [2.24, 2.45) is 7.05 Å². The minimum Gasteiger partial charge on any atom is -0.394 e. The van der Waals surface area contributed by atoms with E-state index in [0.29, 0.717) is 25.3 Å². The fraction of sp³-hybridized carbons (Fsp3) is 0.636. The van der Waals surface area contributed by atoms with Gasteiger partial charge in [0.2, 0.25) is 0 Å². The normalized spacial score (nSPS) is 10.5. The van der Waals surface area contributed by atoms with Crippen molar-refractivity contribution in [3.8, 4) is 0 Å². The van der Waals surface area contributed by atoms with E-state index < -0.39 is 0 Å². The highest BCUT2D eigenvalue weighted by Gasteiger charge is 2.11. The van der Waals surface area contributed by atoms with Crippen LogP contribution in [0.5, 0.6) is 0 Å². The van der Waals surface area contributed by atoms with Gasteiger partial charge in [0.1, 0.15) is 0 Å². The molecule has 0 spiro atoms. The number of hydrogen-bond acceptors (Lipinski definition) is 4. The number of nitrogens with one attached hydrogen (secondary N) is 1. The van der Waals surface area contributed by atoms with E-state index in [0.717, 1.165) is 12.1 Å². The number of hydrogen-bond donors (Lipinski definition) is 2. The Hall–Kier alpha value is -1.40. The Morgan fingerprint density at radius 1 is 1.59 bits per heavy atom. The zero-order chi connectivity index (χ0) is 12.7. The van der Waals surface area contributed by atoms with Gasteiger partial charge in [-0.2, -0.15) is 5.10 Å². The highest BCUT2D eigenvalue weighted by molar-refractivity contribution is 5.94. The highest BCUT2D eigenvalue weighted by atomic mass is 16.5. The van der Waals surface area contributed by atoms with Gasteiger partial charge in [-0.15, -0.1) is 0 Å². The van der Waals surface area contributed by atoms with Crippen LogP contribution in [0.4, 0.5) is 0 Å². The standard InChI is InChI=1S/C11H19N3O3/c1-9-10(8-14(2)13-9)11(16)12-4-3-6-17-7-5-15/h8,15H,3-7H2,1-2H3,(H,12,16). The van der Waals surface area contributed by atoms with Crippen molar-refractivity contribution in [2.75, 3.05) is 26.4 Å². The number of aromatic nitrogens is 2. The second-order valence-corrected chi connectivity index (χ2v) is 3.75. The van der Waals surface area contributed by atoms with Crippen molar-refractivity contribution in [2.45, 2.75) is 13.3 Å². The number of rotatable bonds is 7. The van der Waals surface area contributed by atoms with Crippen LogP contribution in [0, 0.1) is 6.92 Å². The van der Waals surface area contributed by atoms with Gasteiger partial charge in [0.25, 0.3) is 5.91 Å². The van der Waals surface area contributed by atoms with E-state index in [4.69, 9.17) is 9.84 Å². The maximum absolute atomic E-state index is 11.7. The minimum absolute atomic E-state index is 0.0290. The largest absolute Gasteiger partial charge is 0.394 e. The Labute approximate surface area is 101 Å². The zero-order valence-corrected chi connectivity index (χ0v) is 10.3. The maximum Gasteiger partial charge on any atom is 0.254 e. The van der Waals surface area contributed by atoms with E-state index in [1.54, 1.807) is 24.9 Å². The molecule has 0 fully saturated rings. The summed E-state index contributed by atoms with van der Waals surface area (Å²) in [5, 5.41) is 15.4. The van der Waals surface area contributed by atoms with Gasteiger partial charge in [0.15, 0.2) is 0 Å². The summed E-state index contributed by atoms with van der Waals surface area (Å²) >= 11 is 0. The van der Waals surface area contributed by atoms with E-state index in [-0.39, 0.29) is 12.5 Å². The first-order valence-electron chi connectivity index (χ1n) is 5.62. The number of aliphatic hydroxyl groups excluding tert-OH is 1. The first kappa shape index (κ1) is 13.7. The molecule has 1 aromatic rings. The second kappa shape index (κ2) is 7.03. The van der Waals surface area contributed by atoms with Crippen LogP contribution in [-0.2, 0) is 11.8 Å². The van der Waals surface area contributed by atoms with Crippen LogP contribution >= 0.6 is 0 Å². The molecule has 1 amide bonds. The van der Waals surface area contributed by atoms with Gasteiger partial charge < -0.3 is 15.2 Å². The molecular weight excluding hydrogens is 222 g/mol. The number of aryl methyl sites for hydroxylation is 2. The number of nitrogens with zero attached hydrogens (tertiary/aromatic N) is 2. The maximum atomic E-state index is 11.7. The van der Waals surface area contributed by atoms with Crippen molar-refractivity contribution in [3.05, 3.63) is 17.5 Å². The molecule has 0 radical (unpaired) electrons. The fourth-order valence-corrected chi connectivity index (χ4v) is 1.46. The molecule has 0 atom stereocenters. The van der Waals surface area contributed by atoms with Crippen molar-refractivity contribution in [1.29, 1.82) is 0 Å². The van der Waals surface area contributed by atoms with E-state index in [9.17, 15) is 4.79 Å². The number of ether oxygens (including phenoxy) is 1. The van der Waals surface area contributed by atoms with Crippen molar-refractivity contribution in [1.82, 2.24) is 15.1 Å². The predicted octanol–water partition coefficient (Wildman–Crippen LogP) is -0.143. The van der Waals surface area contributed by atoms with Gasteiger partial charge in [0.05, 0.1) is 24.5 Å². The number of amides is 1. The molecule has 6 nitrogen and oxygen atoms in total. The fourth-order valence-electron chi connectivity index (χ4n) is 1.46. The lowest BCUT2D eigenvalue weighted by atomic mass is 10.2. The predicted molar refractivity (Wildman–Crippen MR) is 62.8 cm³/mol. The molecular formula is C11H19N3O3. The van der Waals surface area contributed by atoms with Crippen LogP contribution in [0.2, 0.25) is 0 Å². The van der Waals surface area contributed by atoms with Crippen LogP contribution in [0.25, 0.3) is 0 Å². The number of carbonyl (C=O) groups is 1. The first-order chi connectivity index (χ1) is 8.15. The van der Waals surface area contributed by atoms with Crippen LogP contribution in [0.3, 0.4) is 0 Å². The molecule has 0 bridgehead atoms. The van der Waals surface area contributed by atoms with Crippen LogP contribution in [0.15, 0.2) is 6.20 Å². The van der Waals surface area contributed by atoms with Gasteiger partial charge >= 0.3 is 0 Å². The van der Waals surface area contributed by atoms with Crippen LogP contribution in [0.1, 0.15) is 22.5 Å². The summed E-state index contributed by atoms with van der Waals surface area (Å²) in [5.41, 5.74) is 1.32. The lowest BCUT2D eigenvalue weighted by Gasteiger charge is -2.04. The molecule has 0 saturated heterocycles. The molecule has 96 valence electrons. The number of aliphatic hydroxyl groups is 1. The molecule has 2 N–H and O–H groups in total. The van der Waals surface area contributed by atoms with Gasteiger partial charge in [-0.25, -0.2) is 0 Å². The zero-order valence-electron chi connectivity index (χ0n) is 10.3. The third kappa shape index (κ3) is 4.54. The van der Waals surface area contributed by atoms with Gasteiger partial charge in [-0.05, 0) is 13.3 Å². The molecule has 0 aliphatic rings. The Morgan fingerprint density at radius 3 is 2.94 bits per heavy atom. The summed E-state index contributed by atoms with van der Waals surface area (Å²) in [6.45, 7) is 3.27. The van der Waals surface area contributed by atoms with Crippen molar-refractivity contribution >= 4 is 5.91 Å². The summed E-state index contributed by atoms with van der Waals surface area (Å²) in [6.07, 6.45) is 2.43. The molecule has 17 heavy (non-hydrogen) atoms. The summed E-state index contributed by atoms with van der Waals surface area (Å²) < 4.78 is 6.70. The highest BCUT2D eigenvalue weighted by Crippen LogP contribution is 2.03. The van der Waals surface area contributed by atoms with E-state index in [2.05, 4.69) is 10.4 Å². The second-order valence-electron chi connectivity index (χ2n) is 3.75. The Balaban J connectivity index is 2.23. The molecule has 6 heteroatoms. The molecule has 0 aliphatic heterocycles. The van der Waals surface area contributed by atoms with Gasteiger partial charge in [-0.3, -0.25) is 9.48 Å². The van der Waals surface area contributed by atoms with E-state index in [1.165, 1.54) is 0 Å². The van der Waals surface area contributed by atoms with Gasteiger partial charge in [0, 0.05) is 26.4 Å². The average molecular weight is 241 g/mol. The summed E-state index contributed by atoms with van der Waals surface area (Å²) in [5.74, 6) is -0.113. The van der Waals surface area contributed by atoms with Crippen LogP contribution < -0.4 is 5.32 Å². The third-order valence-electron chi connectivity index (χ3n) is 2.24. The van der Waals surface area contributed by atoms with Gasteiger partial charge in [-0.1, -0.05) is 0 Å². The molecule has 0 aromatic carbocycles. The third-order valence-corrected chi connectivity index (χ3v) is 2.24. The topological polar surface area (TPSA) is 76.4 Å². The molecule has 0 unspecified atom stereocenters. The Bertz CT molecular complexity index is 363. The molecule has 0 aliphatic carbocycles. The minimum atomic E-state index is -0.113. The Morgan fingerprint density at radius 2 is 2.35 bits per heavy atom. The molecule has 1 heterocycles. The quantitative estimate of drug-likeness (QED) is 0.651. The van der Waals surface area contributed by atoms with E-state index >= 15 is 0 Å². The lowest BCUT2D eigenvalue weighted by molar-refractivity contribution is 0.0867. The Kier molecular flexibility index (Phi) is 5.65. The first-order valence-corrected chi connectivity index (χ1v) is 5.62. The molecule has 1 rings (SSSR count). The smallest absolute Gasteiger partial charge is 0.254 e. The molecule has 0 saturated carbocycles. The molecule has 1 aromatic heterocycles. The SMILES string of the molecule is Cc1nn(C)cc1C(=O)NCCCOCCO. The monoisotopic (exact) mass is 241 g/mol. The van der Waals surface area contributed by atoms with Crippen molar-refractivity contribution < 1.29 is 14.6 Å². The summed E-state index contributed by atoms with van der Waals surface area (Å²) in [6, 6.07) is 0. The van der Waals surface area contributed by atoms with Crippen molar-refractivity contribution in [3.63, 3.8) is 0 Å². The van der Waals surface area contributed by atoms with Crippen LogP contribution in [-0.4, -0.2) is 47.2 Å². The summed E-state index contributed by atoms with van der Waals surface area (Å²) in [7, 11) is 1.78. The number of carbonyl (C=O) groups excluding carboxylic acids is 1. The summed E-state index contributed by atoms with van der Waals surface area (Å²) in [4.78, 5) is 11.7.